The van der Waals surface area contributed by atoms with Gasteiger partial charge < -0.3 is 20.3 Å². The number of rotatable bonds is 6. The van der Waals surface area contributed by atoms with E-state index in [0.717, 1.165) is 11.4 Å². The molecule has 0 unspecified atom stereocenters. The smallest absolute Gasteiger partial charge is 0.257 e. The van der Waals surface area contributed by atoms with Gasteiger partial charge in [0, 0.05) is 31.7 Å². The molecule has 0 saturated heterocycles. The topological polar surface area (TPSA) is 66.5 Å². The Labute approximate surface area is 158 Å². The van der Waals surface area contributed by atoms with Crippen LogP contribution in [0.15, 0.2) is 66.9 Å². The number of para-hydroxylation sites is 2. The Balaban J connectivity index is 1.66. The molecule has 2 aromatic carbocycles. The van der Waals surface area contributed by atoms with E-state index in [-0.39, 0.29) is 5.91 Å². The molecule has 0 bridgehead atoms. The number of benzene rings is 2. The zero-order valence-corrected chi connectivity index (χ0v) is 15.6. The van der Waals surface area contributed by atoms with E-state index in [1.54, 1.807) is 37.6 Å². The Morgan fingerprint density at radius 3 is 2.37 bits per heavy atom. The highest BCUT2D eigenvalue weighted by Gasteiger charge is 2.10. The summed E-state index contributed by atoms with van der Waals surface area (Å²) in [6.07, 6.45) is 1.54. The van der Waals surface area contributed by atoms with Gasteiger partial charge in [0.1, 0.15) is 11.6 Å². The van der Waals surface area contributed by atoms with Crippen LogP contribution in [0.4, 0.5) is 22.9 Å². The van der Waals surface area contributed by atoms with Crippen molar-refractivity contribution in [2.24, 2.45) is 0 Å². The molecule has 0 fully saturated rings. The lowest BCUT2D eigenvalue weighted by Crippen LogP contribution is -2.13. The third-order valence-electron chi connectivity index (χ3n) is 4.04. The van der Waals surface area contributed by atoms with Crippen LogP contribution in [-0.2, 0) is 0 Å². The molecule has 0 aliphatic rings. The van der Waals surface area contributed by atoms with Gasteiger partial charge in [0.05, 0.1) is 18.4 Å². The number of carbonyl (C=O) groups excluding carboxylic acids is 1. The standard InChI is InChI=1S/C21H22N4O2/c1-25(2)17-11-9-16(10-12-17)23-20-13-8-15(14-22-20)21(26)24-18-6-4-5-7-19(18)27-3/h4-14H,1-3H3,(H,22,23)(H,24,26). The summed E-state index contributed by atoms with van der Waals surface area (Å²) in [6, 6.07) is 18.8. The third-order valence-corrected chi connectivity index (χ3v) is 4.04. The number of aromatic nitrogens is 1. The van der Waals surface area contributed by atoms with Gasteiger partial charge in [-0.1, -0.05) is 12.1 Å². The van der Waals surface area contributed by atoms with Crippen LogP contribution < -0.4 is 20.3 Å². The number of hydrogen-bond donors (Lipinski definition) is 2. The van der Waals surface area contributed by atoms with E-state index >= 15 is 0 Å². The SMILES string of the molecule is COc1ccccc1NC(=O)c1ccc(Nc2ccc(N(C)C)cc2)nc1. The van der Waals surface area contributed by atoms with Crippen LogP contribution in [0.5, 0.6) is 5.75 Å². The van der Waals surface area contributed by atoms with E-state index in [2.05, 4.69) is 15.6 Å². The normalized spacial score (nSPS) is 10.2. The Kier molecular flexibility index (Phi) is 5.56. The summed E-state index contributed by atoms with van der Waals surface area (Å²) in [5.74, 6) is 1.04. The number of ether oxygens (including phenoxy) is 1. The van der Waals surface area contributed by atoms with E-state index in [9.17, 15) is 4.79 Å². The lowest BCUT2D eigenvalue weighted by atomic mass is 10.2. The number of carbonyl (C=O) groups is 1. The molecule has 0 aliphatic carbocycles. The van der Waals surface area contributed by atoms with Crippen molar-refractivity contribution in [2.45, 2.75) is 0 Å². The van der Waals surface area contributed by atoms with Gasteiger partial charge in [0.15, 0.2) is 0 Å². The average Bonchev–Trinajstić information content (AvgIpc) is 2.69. The Hall–Kier alpha value is -3.54. The van der Waals surface area contributed by atoms with Crippen LogP contribution in [-0.4, -0.2) is 32.1 Å². The van der Waals surface area contributed by atoms with Gasteiger partial charge in [-0.05, 0) is 48.5 Å². The third kappa shape index (κ3) is 4.55. The minimum Gasteiger partial charge on any atom is -0.495 e. The van der Waals surface area contributed by atoms with E-state index < -0.39 is 0 Å². The van der Waals surface area contributed by atoms with Crippen LogP contribution in [0.25, 0.3) is 0 Å². The molecule has 2 N–H and O–H groups in total. The van der Waals surface area contributed by atoms with Gasteiger partial charge in [-0.2, -0.15) is 0 Å². The molecule has 6 heteroatoms. The first-order chi connectivity index (χ1) is 13.1. The van der Waals surface area contributed by atoms with Crippen molar-refractivity contribution in [1.29, 1.82) is 0 Å². The van der Waals surface area contributed by atoms with Crippen LogP contribution in [0.1, 0.15) is 10.4 Å². The summed E-state index contributed by atoms with van der Waals surface area (Å²) >= 11 is 0. The van der Waals surface area contributed by atoms with E-state index in [0.29, 0.717) is 22.8 Å². The second-order valence-corrected chi connectivity index (χ2v) is 6.15. The molecule has 3 rings (SSSR count). The molecule has 138 valence electrons. The fourth-order valence-corrected chi connectivity index (χ4v) is 2.54. The number of nitrogens with zero attached hydrogens (tertiary/aromatic N) is 2. The Bertz CT molecular complexity index is 906. The molecule has 1 amide bonds. The zero-order valence-electron chi connectivity index (χ0n) is 15.6. The maximum atomic E-state index is 12.4. The van der Waals surface area contributed by atoms with Crippen LogP contribution in [0.2, 0.25) is 0 Å². The predicted octanol–water partition coefficient (Wildman–Crippen LogP) is 4.15. The highest BCUT2D eigenvalue weighted by atomic mass is 16.5. The second-order valence-electron chi connectivity index (χ2n) is 6.15. The molecule has 0 saturated carbocycles. The molecule has 0 spiro atoms. The largest absolute Gasteiger partial charge is 0.495 e. The van der Waals surface area contributed by atoms with Crippen LogP contribution in [0, 0.1) is 0 Å². The van der Waals surface area contributed by atoms with Crippen LogP contribution >= 0.6 is 0 Å². The quantitative estimate of drug-likeness (QED) is 0.689. The van der Waals surface area contributed by atoms with Crippen LogP contribution in [0.3, 0.4) is 0 Å². The lowest BCUT2D eigenvalue weighted by molar-refractivity contribution is 0.102. The fraction of sp³-hybridized carbons (Fsp3) is 0.143. The first-order valence-corrected chi connectivity index (χ1v) is 8.51. The predicted molar refractivity (Wildman–Crippen MR) is 109 cm³/mol. The molecule has 0 radical (unpaired) electrons. The molecule has 1 aromatic heterocycles. The summed E-state index contributed by atoms with van der Waals surface area (Å²) in [5, 5.41) is 6.06. The zero-order chi connectivity index (χ0) is 19.2. The number of nitrogens with one attached hydrogen (secondary N) is 2. The first kappa shape index (κ1) is 18.3. The summed E-state index contributed by atoms with van der Waals surface area (Å²) in [4.78, 5) is 18.8. The van der Waals surface area contributed by atoms with E-state index in [1.807, 2.05) is 55.4 Å². The van der Waals surface area contributed by atoms with Gasteiger partial charge >= 0.3 is 0 Å². The maximum Gasteiger partial charge on any atom is 0.257 e. The summed E-state index contributed by atoms with van der Waals surface area (Å²) in [6.45, 7) is 0. The molecular formula is C21H22N4O2. The number of methoxy groups -OCH3 is 1. The number of hydrogen-bond acceptors (Lipinski definition) is 5. The second kappa shape index (κ2) is 8.23. The Morgan fingerprint density at radius 1 is 1.00 bits per heavy atom. The van der Waals surface area contributed by atoms with Crippen molar-refractivity contribution >= 4 is 28.8 Å². The molecule has 6 nitrogen and oxygen atoms in total. The van der Waals surface area contributed by atoms with Gasteiger partial charge in [0.25, 0.3) is 5.91 Å². The monoisotopic (exact) mass is 362 g/mol. The first-order valence-electron chi connectivity index (χ1n) is 8.51. The van der Waals surface area contributed by atoms with Gasteiger partial charge in [0.2, 0.25) is 0 Å². The van der Waals surface area contributed by atoms with Crippen molar-refractivity contribution in [3.63, 3.8) is 0 Å². The number of amides is 1. The molecule has 0 atom stereocenters. The number of pyridine rings is 1. The molecule has 27 heavy (non-hydrogen) atoms. The minimum atomic E-state index is -0.242. The summed E-state index contributed by atoms with van der Waals surface area (Å²) in [7, 11) is 5.57. The average molecular weight is 362 g/mol. The Morgan fingerprint density at radius 2 is 1.74 bits per heavy atom. The molecule has 0 aliphatic heterocycles. The maximum absolute atomic E-state index is 12.4. The molecule has 3 aromatic rings. The molecule has 1 heterocycles. The lowest BCUT2D eigenvalue weighted by Gasteiger charge is -2.13. The number of anilines is 4. The van der Waals surface area contributed by atoms with Crippen molar-refractivity contribution in [1.82, 2.24) is 4.98 Å². The van der Waals surface area contributed by atoms with Crippen molar-refractivity contribution in [3.05, 3.63) is 72.4 Å². The summed E-state index contributed by atoms with van der Waals surface area (Å²) < 4.78 is 5.25. The van der Waals surface area contributed by atoms with E-state index in [1.165, 1.54) is 0 Å². The fourth-order valence-electron chi connectivity index (χ4n) is 2.54. The molecular weight excluding hydrogens is 340 g/mol. The van der Waals surface area contributed by atoms with Crippen molar-refractivity contribution in [2.75, 3.05) is 36.7 Å². The van der Waals surface area contributed by atoms with Gasteiger partial charge in [-0.15, -0.1) is 0 Å². The van der Waals surface area contributed by atoms with E-state index in [4.69, 9.17) is 4.74 Å². The van der Waals surface area contributed by atoms with Crippen molar-refractivity contribution < 1.29 is 9.53 Å². The highest BCUT2D eigenvalue weighted by Crippen LogP contribution is 2.24. The summed E-state index contributed by atoms with van der Waals surface area (Å²) in [5.41, 5.74) is 3.14. The van der Waals surface area contributed by atoms with Gasteiger partial charge in [-0.3, -0.25) is 4.79 Å². The van der Waals surface area contributed by atoms with Crippen molar-refractivity contribution in [3.8, 4) is 5.75 Å². The highest BCUT2D eigenvalue weighted by molar-refractivity contribution is 6.04. The van der Waals surface area contributed by atoms with Gasteiger partial charge in [-0.25, -0.2) is 4.98 Å². The minimum absolute atomic E-state index is 0.242.